The van der Waals surface area contributed by atoms with Gasteiger partial charge in [-0.3, -0.25) is 0 Å². The van der Waals surface area contributed by atoms with Gasteiger partial charge in [-0.2, -0.15) is 0 Å². The van der Waals surface area contributed by atoms with E-state index in [9.17, 15) is 0 Å². The smallest absolute Gasteiger partial charge is 0.0687 e. The molecule has 1 heterocycles. The molecule has 0 amide bonds. The van der Waals surface area contributed by atoms with Crippen LogP contribution in [0.5, 0.6) is 0 Å². The van der Waals surface area contributed by atoms with Crippen molar-refractivity contribution in [1.29, 1.82) is 0 Å². The van der Waals surface area contributed by atoms with Crippen molar-refractivity contribution in [1.82, 2.24) is 0 Å². The van der Waals surface area contributed by atoms with E-state index in [1.807, 2.05) is 0 Å². The van der Waals surface area contributed by atoms with Gasteiger partial charge in [0.15, 0.2) is 0 Å². The van der Waals surface area contributed by atoms with Crippen LogP contribution in [0, 0.1) is 5.92 Å². The summed E-state index contributed by atoms with van der Waals surface area (Å²) in [6.07, 6.45) is 10.2. The Kier molecular flexibility index (Phi) is 4.22. The quantitative estimate of drug-likeness (QED) is 0.770. The van der Waals surface area contributed by atoms with Gasteiger partial charge in [-0.25, -0.2) is 0 Å². The fourth-order valence-corrected chi connectivity index (χ4v) is 3.24. The van der Waals surface area contributed by atoms with Crippen molar-refractivity contribution in [3.8, 4) is 0 Å². The zero-order valence-electron chi connectivity index (χ0n) is 10.2. The number of hydrogen-bond donors (Lipinski definition) is 2. The molecule has 0 aromatic carbocycles. The Balaban J connectivity index is 1.82. The summed E-state index contributed by atoms with van der Waals surface area (Å²) in [6, 6.07) is 0. The summed E-state index contributed by atoms with van der Waals surface area (Å²) in [7, 11) is 0. The second-order valence-corrected chi connectivity index (χ2v) is 5.54. The Bertz CT molecular complexity index is 210. The summed E-state index contributed by atoms with van der Waals surface area (Å²) in [6.45, 7) is 0.771. The molecule has 3 heteroatoms. The molecule has 3 N–H and O–H groups in total. The van der Waals surface area contributed by atoms with Crippen LogP contribution in [0.15, 0.2) is 0 Å². The Morgan fingerprint density at radius 3 is 2.62 bits per heavy atom. The Labute approximate surface area is 98.4 Å². The molecule has 0 aromatic heterocycles. The molecule has 16 heavy (non-hydrogen) atoms. The van der Waals surface area contributed by atoms with Crippen molar-refractivity contribution >= 4 is 0 Å². The second kappa shape index (κ2) is 5.48. The number of aliphatic hydroxyl groups is 1. The van der Waals surface area contributed by atoms with Crippen LogP contribution >= 0.6 is 0 Å². The van der Waals surface area contributed by atoms with Crippen LogP contribution in [0.3, 0.4) is 0 Å². The molecule has 1 spiro atoms. The molecule has 2 atom stereocenters. The minimum Gasteiger partial charge on any atom is -0.396 e. The predicted octanol–water partition coefficient (Wildman–Crippen LogP) is 1.83. The molecular weight excluding hydrogens is 202 g/mol. The second-order valence-electron chi connectivity index (χ2n) is 5.54. The van der Waals surface area contributed by atoms with E-state index in [1.54, 1.807) is 0 Å². The molecule has 2 fully saturated rings. The van der Waals surface area contributed by atoms with Crippen molar-refractivity contribution in [2.45, 2.75) is 63.1 Å². The highest BCUT2D eigenvalue weighted by Gasteiger charge is 2.40. The lowest BCUT2D eigenvalue weighted by molar-refractivity contribution is -0.0711. The van der Waals surface area contributed by atoms with E-state index in [4.69, 9.17) is 15.6 Å². The zero-order chi connectivity index (χ0) is 11.4. The third kappa shape index (κ3) is 2.76. The molecule has 3 nitrogen and oxygen atoms in total. The Morgan fingerprint density at radius 2 is 2.00 bits per heavy atom. The van der Waals surface area contributed by atoms with Gasteiger partial charge in [0.25, 0.3) is 0 Å². The molecule has 0 aromatic rings. The monoisotopic (exact) mass is 227 g/mol. The van der Waals surface area contributed by atoms with Crippen molar-refractivity contribution in [2.24, 2.45) is 11.7 Å². The van der Waals surface area contributed by atoms with Crippen LogP contribution in [-0.2, 0) is 4.74 Å². The van der Waals surface area contributed by atoms with Gasteiger partial charge in [0.05, 0.1) is 11.7 Å². The van der Waals surface area contributed by atoms with Crippen molar-refractivity contribution < 1.29 is 9.84 Å². The molecule has 1 aliphatic carbocycles. The van der Waals surface area contributed by atoms with Crippen LogP contribution in [-0.4, -0.2) is 30.0 Å². The highest BCUT2D eigenvalue weighted by atomic mass is 16.5. The molecule has 1 saturated heterocycles. The highest BCUT2D eigenvalue weighted by Crippen LogP contribution is 2.43. The maximum atomic E-state index is 9.15. The van der Waals surface area contributed by atoms with Crippen molar-refractivity contribution in [3.63, 3.8) is 0 Å². The van der Waals surface area contributed by atoms with Crippen LogP contribution < -0.4 is 5.73 Å². The molecule has 2 aliphatic rings. The standard InChI is InChI=1S/C13H25NO2/c14-9-11(10-15)8-12-4-7-13(16-12)5-2-1-3-6-13/h11-12,15H,1-10,14H2. The predicted molar refractivity (Wildman–Crippen MR) is 64.2 cm³/mol. The molecular formula is C13H25NO2. The number of hydrogen-bond acceptors (Lipinski definition) is 3. The number of rotatable bonds is 4. The van der Waals surface area contributed by atoms with E-state index >= 15 is 0 Å². The normalized spacial score (nSPS) is 30.8. The first-order chi connectivity index (χ1) is 7.78. The van der Waals surface area contributed by atoms with E-state index in [0.29, 0.717) is 12.6 Å². The van der Waals surface area contributed by atoms with E-state index in [-0.39, 0.29) is 18.1 Å². The van der Waals surface area contributed by atoms with E-state index in [1.165, 1.54) is 38.5 Å². The highest BCUT2D eigenvalue weighted by molar-refractivity contribution is 4.91. The van der Waals surface area contributed by atoms with Crippen LogP contribution in [0.4, 0.5) is 0 Å². The molecule has 1 aliphatic heterocycles. The van der Waals surface area contributed by atoms with Gasteiger partial charge in [0.1, 0.15) is 0 Å². The molecule has 1 saturated carbocycles. The average Bonchev–Trinajstić information content (AvgIpc) is 2.70. The lowest BCUT2D eigenvalue weighted by atomic mass is 9.83. The first kappa shape index (κ1) is 12.3. The molecule has 94 valence electrons. The molecule has 0 bridgehead atoms. The Morgan fingerprint density at radius 1 is 1.25 bits per heavy atom. The largest absolute Gasteiger partial charge is 0.396 e. The lowest BCUT2D eigenvalue weighted by Crippen LogP contribution is -2.32. The van der Waals surface area contributed by atoms with Crippen molar-refractivity contribution in [2.75, 3.05) is 13.2 Å². The van der Waals surface area contributed by atoms with E-state index in [2.05, 4.69) is 0 Å². The molecule has 2 rings (SSSR count). The maximum absolute atomic E-state index is 9.15. The zero-order valence-corrected chi connectivity index (χ0v) is 10.2. The van der Waals surface area contributed by atoms with Gasteiger partial charge in [-0.1, -0.05) is 19.3 Å². The van der Waals surface area contributed by atoms with Crippen molar-refractivity contribution in [3.05, 3.63) is 0 Å². The van der Waals surface area contributed by atoms with Crippen LogP contribution in [0.25, 0.3) is 0 Å². The average molecular weight is 227 g/mol. The van der Waals surface area contributed by atoms with Gasteiger partial charge < -0.3 is 15.6 Å². The first-order valence-electron chi connectivity index (χ1n) is 6.77. The van der Waals surface area contributed by atoms with Gasteiger partial charge in [-0.15, -0.1) is 0 Å². The van der Waals surface area contributed by atoms with Crippen LogP contribution in [0.2, 0.25) is 0 Å². The summed E-state index contributed by atoms with van der Waals surface area (Å²) < 4.78 is 6.26. The van der Waals surface area contributed by atoms with Gasteiger partial charge in [-0.05, 0) is 44.6 Å². The number of nitrogens with two attached hydrogens (primary N) is 1. The summed E-state index contributed by atoms with van der Waals surface area (Å²) in [4.78, 5) is 0. The van der Waals surface area contributed by atoms with Crippen LogP contribution in [0.1, 0.15) is 51.4 Å². The molecule has 2 unspecified atom stereocenters. The van der Waals surface area contributed by atoms with E-state index in [0.717, 1.165) is 12.8 Å². The topological polar surface area (TPSA) is 55.5 Å². The summed E-state index contributed by atoms with van der Waals surface area (Å²) in [5.74, 6) is 0.226. The summed E-state index contributed by atoms with van der Waals surface area (Å²) in [5.41, 5.74) is 5.82. The third-order valence-electron chi connectivity index (χ3n) is 4.29. The third-order valence-corrected chi connectivity index (χ3v) is 4.29. The van der Waals surface area contributed by atoms with Gasteiger partial charge >= 0.3 is 0 Å². The summed E-state index contributed by atoms with van der Waals surface area (Å²) >= 11 is 0. The SMILES string of the molecule is NCC(CO)CC1CCC2(CCCCC2)O1. The lowest BCUT2D eigenvalue weighted by Gasteiger charge is -2.33. The minimum atomic E-state index is 0.198. The minimum absolute atomic E-state index is 0.198. The van der Waals surface area contributed by atoms with Gasteiger partial charge in [0.2, 0.25) is 0 Å². The summed E-state index contributed by atoms with van der Waals surface area (Å²) in [5, 5.41) is 9.15. The fourth-order valence-electron chi connectivity index (χ4n) is 3.24. The van der Waals surface area contributed by atoms with E-state index < -0.39 is 0 Å². The Hall–Kier alpha value is -0.120. The number of aliphatic hydroxyl groups excluding tert-OH is 1. The maximum Gasteiger partial charge on any atom is 0.0687 e. The fraction of sp³-hybridized carbons (Fsp3) is 1.00. The number of ether oxygens (including phenoxy) is 1. The molecule has 0 radical (unpaired) electrons. The first-order valence-corrected chi connectivity index (χ1v) is 6.77. The van der Waals surface area contributed by atoms with Gasteiger partial charge in [0, 0.05) is 6.61 Å².